The van der Waals surface area contributed by atoms with Crippen LogP contribution in [0.3, 0.4) is 0 Å². The van der Waals surface area contributed by atoms with Gasteiger partial charge in [0.2, 0.25) is 0 Å². The molecule has 1 aromatic carbocycles. The number of nitrogens with one attached hydrogen (secondary N) is 1. The van der Waals surface area contributed by atoms with E-state index >= 15 is 0 Å². The maximum atomic E-state index is 10.8. The zero-order valence-electron chi connectivity index (χ0n) is 9.53. The molecule has 0 saturated carbocycles. The molecule has 0 fully saturated rings. The van der Waals surface area contributed by atoms with Crippen LogP contribution in [0, 0.1) is 17.0 Å². The second kappa shape index (κ2) is 6.07. The highest BCUT2D eigenvalue weighted by molar-refractivity contribution is 5.65. The van der Waals surface area contributed by atoms with Gasteiger partial charge in [-0.05, 0) is 19.4 Å². The van der Waals surface area contributed by atoms with E-state index in [-0.39, 0.29) is 10.6 Å². The molecule has 0 bridgehead atoms. The molecular formula is C11H16N2O3. The molecule has 0 saturated heterocycles. The van der Waals surface area contributed by atoms with Gasteiger partial charge in [-0.1, -0.05) is 12.1 Å². The quantitative estimate of drug-likeness (QED) is 0.457. The molecule has 0 unspecified atom stereocenters. The summed E-state index contributed by atoms with van der Waals surface area (Å²) in [6, 6.07) is 5.02. The first kappa shape index (κ1) is 12.4. The largest absolute Gasteiger partial charge is 0.380 e. The van der Waals surface area contributed by atoms with Crippen LogP contribution in [0.1, 0.15) is 12.5 Å². The zero-order chi connectivity index (χ0) is 12.0. The zero-order valence-corrected chi connectivity index (χ0v) is 9.53. The van der Waals surface area contributed by atoms with Crippen molar-refractivity contribution in [1.82, 2.24) is 0 Å². The highest BCUT2D eigenvalue weighted by atomic mass is 16.6. The number of hydrogen-bond donors (Lipinski definition) is 1. The van der Waals surface area contributed by atoms with Gasteiger partial charge in [0.05, 0.1) is 11.5 Å². The second-order valence-corrected chi connectivity index (χ2v) is 3.35. The molecule has 16 heavy (non-hydrogen) atoms. The molecule has 0 aliphatic heterocycles. The lowest BCUT2D eigenvalue weighted by atomic mass is 10.1. The maximum Gasteiger partial charge on any atom is 0.292 e. The summed E-state index contributed by atoms with van der Waals surface area (Å²) in [7, 11) is 0. The van der Waals surface area contributed by atoms with Gasteiger partial charge in [-0.2, -0.15) is 0 Å². The number of rotatable bonds is 6. The molecule has 88 valence electrons. The van der Waals surface area contributed by atoms with Crippen molar-refractivity contribution in [2.45, 2.75) is 13.8 Å². The number of aryl methyl sites for hydroxylation is 1. The van der Waals surface area contributed by atoms with E-state index in [1.165, 1.54) is 6.07 Å². The Labute approximate surface area is 94.6 Å². The average Bonchev–Trinajstić information content (AvgIpc) is 2.25. The van der Waals surface area contributed by atoms with Crippen LogP contribution < -0.4 is 5.32 Å². The van der Waals surface area contributed by atoms with Crippen molar-refractivity contribution in [3.63, 3.8) is 0 Å². The standard InChI is InChI=1S/C11H16N2O3/c1-3-16-8-7-12-11-9(2)5-4-6-10(11)13(14)15/h4-6,12H,3,7-8H2,1-2H3. The van der Waals surface area contributed by atoms with Crippen molar-refractivity contribution in [3.05, 3.63) is 33.9 Å². The summed E-state index contributed by atoms with van der Waals surface area (Å²) in [6.45, 7) is 5.52. The Morgan fingerprint density at radius 2 is 2.25 bits per heavy atom. The predicted octanol–water partition coefficient (Wildman–Crippen LogP) is 2.35. The molecule has 0 amide bonds. The molecule has 0 aliphatic rings. The van der Waals surface area contributed by atoms with E-state index in [0.717, 1.165) is 5.56 Å². The third-order valence-corrected chi connectivity index (χ3v) is 2.20. The molecule has 0 aliphatic carbocycles. The lowest BCUT2D eigenvalue weighted by molar-refractivity contribution is -0.384. The minimum atomic E-state index is -0.379. The molecule has 5 heteroatoms. The monoisotopic (exact) mass is 224 g/mol. The van der Waals surface area contributed by atoms with Gasteiger partial charge in [-0.25, -0.2) is 0 Å². The van der Waals surface area contributed by atoms with Gasteiger partial charge in [-0.3, -0.25) is 10.1 Å². The SMILES string of the molecule is CCOCCNc1c(C)cccc1[N+](=O)[O-]. The summed E-state index contributed by atoms with van der Waals surface area (Å²) < 4.78 is 5.16. The number of nitrogens with zero attached hydrogens (tertiary/aromatic N) is 1. The van der Waals surface area contributed by atoms with Gasteiger partial charge in [0.25, 0.3) is 5.69 Å². The summed E-state index contributed by atoms with van der Waals surface area (Å²) in [6.07, 6.45) is 0. The number of para-hydroxylation sites is 1. The lowest BCUT2D eigenvalue weighted by Crippen LogP contribution is -2.11. The van der Waals surface area contributed by atoms with E-state index in [2.05, 4.69) is 5.32 Å². The van der Waals surface area contributed by atoms with Crippen LogP contribution in [0.25, 0.3) is 0 Å². The number of hydrogen-bond acceptors (Lipinski definition) is 4. The molecule has 0 radical (unpaired) electrons. The molecule has 0 spiro atoms. The van der Waals surface area contributed by atoms with Gasteiger partial charge in [-0.15, -0.1) is 0 Å². The van der Waals surface area contributed by atoms with Crippen molar-refractivity contribution < 1.29 is 9.66 Å². The van der Waals surface area contributed by atoms with E-state index < -0.39 is 0 Å². The number of benzene rings is 1. The van der Waals surface area contributed by atoms with E-state index in [0.29, 0.717) is 25.4 Å². The fourth-order valence-corrected chi connectivity index (χ4v) is 1.43. The van der Waals surface area contributed by atoms with Crippen LogP contribution in [0.5, 0.6) is 0 Å². The van der Waals surface area contributed by atoms with E-state index in [4.69, 9.17) is 4.74 Å². The number of nitro benzene ring substituents is 1. The Kier molecular flexibility index (Phi) is 4.72. The summed E-state index contributed by atoms with van der Waals surface area (Å²) in [4.78, 5) is 10.4. The summed E-state index contributed by atoms with van der Waals surface area (Å²) in [5, 5.41) is 13.8. The number of ether oxygens (including phenoxy) is 1. The summed E-state index contributed by atoms with van der Waals surface area (Å²) in [5.41, 5.74) is 1.55. The minimum Gasteiger partial charge on any atom is -0.380 e. The second-order valence-electron chi connectivity index (χ2n) is 3.35. The summed E-state index contributed by atoms with van der Waals surface area (Å²) >= 11 is 0. The minimum absolute atomic E-state index is 0.108. The Morgan fingerprint density at radius 1 is 1.50 bits per heavy atom. The Balaban J connectivity index is 2.73. The van der Waals surface area contributed by atoms with E-state index in [9.17, 15) is 10.1 Å². The van der Waals surface area contributed by atoms with Crippen LogP contribution >= 0.6 is 0 Å². The molecule has 1 aromatic rings. The van der Waals surface area contributed by atoms with Crippen LogP contribution in [0.4, 0.5) is 11.4 Å². The smallest absolute Gasteiger partial charge is 0.292 e. The molecule has 0 aromatic heterocycles. The van der Waals surface area contributed by atoms with Gasteiger partial charge in [0.15, 0.2) is 0 Å². The Bertz CT molecular complexity index is 366. The van der Waals surface area contributed by atoms with Crippen LogP contribution in [-0.4, -0.2) is 24.7 Å². The molecular weight excluding hydrogens is 208 g/mol. The molecule has 0 heterocycles. The van der Waals surface area contributed by atoms with Crippen molar-refractivity contribution in [2.75, 3.05) is 25.1 Å². The molecule has 1 N–H and O–H groups in total. The first-order chi connectivity index (χ1) is 7.66. The number of nitro groups is 1. The van der Waals surface area contributed by atoms with Crippen molar-refractivity contribution >= 4 is 11.4 Å². The fourth-order valence-electron chi connectivity index (χ4n) is 1.43. The van der Waals surface area contributed by atoms with E-state index in [1.54, 1.807) is 6.07 Å². The van der Waals surface area contributed by atoms with Crippen LogP contribution in [0.2, 0.25) is 0 Å². The Morgan fingerprint density at radius 3 is 2.88 bits per heavy atom. The predicted molar refractivity (Wildman–Crippen MR) is 62.8 cm³/mol. The third kappa shape index (κ3) is 3.20. The normalized spacial score (nSPS) is 10.1. The first-order valence-electron chi connectivity index (χ1n) is 5.22. The topological polar surface area (TPSA) is 64.4 Å². The molecule has 0 atom stereocenters. The van der Waals surface area contributed by atoms with E-state index in [1.807, 2.05) is 19.9 Å². The van der Waals surface area contributed by atoms with Crippen molar-refractivity contribution in [2.24, 2.45) is 0 Å². The third-order valence-electron chi connectivity index (χ3n) is 2.20. The molecule has 1 rings (SSSR count). The van der Waals surface area contributed by atoms with Crippen LogP contribution in [-0.2, 0) is 4.74 Å². The van der Waals surface area contributed by atoms with Gasteiger partial charge in [0, 0.05) is 19.2 Å². The van der Waals surface area contributed by atoms with Gasteiger partial charge < -0.3 is 10.1 Å². The van der Waals surface area contributed by atoms with Crippen molar-refractivity contribution in [1.29, 1.82) is 0 Å². The first-order valence-corrected chi connectivity index (χ1v) is 5.22. The lowest BCUT2D eigenvalue weighted by Gasteiger charge is -2.09. The summed E-state index contributed by atoms with van der Waals surface area (Å²) in [5.74, 6) is 0. The van der Waals surface area contributed by atoms with Gasteiger partial charge >= 0.3 is 0 Å². The highest BCUT2D eigenvalue weighted by Crippen LogP contribution is 2.27. The average molecular weight is 224 g/mol. The van der Waals surface area contributed by atoms with Crippen LogP contribution in [0.15, 0.2) is 18.2 Å². The fraction of sp³-hybridized carbons (Fsp3) is 0.455. The van der Waals surface area contributed by atoms with Crippen molar-refractivity contribution in [3.8, 4) is 0 Å². The molecule has 5 nitrogen and oxygen atoms in total. The number of anilines is 1. The highest BCUT2D eigenvalue weighted by Gasteiger charge is 2.14. The Hall–Kier alpha value is -1.62. The maximum absolute atomic E-state index is 10.8. The van der Waals surface area contributed by atoms with Gasteiger partial charge in [0.1, 0.15) is 5.69 Å².